The van der Waals surface area contributed by atoms with Crippen molar-refractivity contribution in [3.63, 3.8) is 0 Å². The Labute approximate surface area is 207 Å². The Balaban J connectivity index is 1.32. The molecular formula is C28H46N6. The molecule has 1 aliphatic heterocycles. The van der Waals surface area contributed by atoms with Gasteiger partial charge in [0.25, 0.3) is 0 Å². The summed E-state index contributed by atoms with van der Waals surface area (Å²) in [5, 5.41) is 4.70. The molecule has 1 saturated heterocycles. The maximum absolute atomic E-state index is 4.96. The van der Waals surface area contributed by atoms with Gasteiger partial charge in [-0.25, -0.2) is 9.97 Å². The van der Waals surface area contributed by atoms with E-state index in [2.05, 4.69) is 79.1 Å². The third kappa shape index (κ3) is 6.67. The van der Waals surface area contributed by atoms with Gasteiger partial charge in [0.05, 0.1) is 12.1 Å². The Morgan fingerprint density at radius 1 is 0.971 bits per heavy atom. The lowest BCUT2D eigenvalue weighted by atomic mass is 9.71. The number of nitrogens with zero attached hydrogens (tertiary/aromatic N) is 5. The first-order valence-corrected chi connectivity index (χ1v) is 13.4. The Hall–Kier alpha value is -1.76. The van der Waals surface area contributed by atoms with Gasteiger partial charge in [-0.15, -0.1) is 0 Å². The van der Waals surface area contributed by atoms with Crippen LogP contribution in [-0.2, 0) is 6.54 Å². The van der Waals surface area contributed by atoms with E-state index in [4.69, 9.17) is 9.97 Å². The van der Waals surface area contributed by atoms with Crippen molar-refractivity contribution in [2.45, 2.75) is 65.5 Å². The standard InChI is InChI=1S/C28H46N6/c1-28(2,3)22-11-13-23(14-12-22)34-19-17-33(18-20-34)21-26-30-25-10-7-6-9-24(25)27(31-26)29-15-8-16-32(4)5/h6-7,9-10,22-23H,8,11-21H2,1-5H3,(H,29,30,31). The predicted molar refractivity (Wildman–Crippen MR) is 143 cm³/mol. The Morgan fingerprint density at radius 2 is 1.68 bits per heavy atom. The molecule has 0 bridgehead atoms. The smallest absolute Gasteiger partial charge is 0.145 e. The molecule has 4 rings (SSSR count). The summed E-state index contributed by atoms with van der Waals surface area (Å²) in [7, 11) is 4.24. The van der Waals surface area contributed by atoms with Crippen LogP contribution in [0.25, 0.3) is 10.9 Å². The minimum Gasteiger partial charge on any atom is -0.369 e. The van der Waals surface area contributed by atoms with E-state index in [1.807, 2.05) is 0 Å². The molecular weight excluding hydrogens is 420 g/mol. The Morgan fingerprint density at radius 3 is 2.35 bits per heavy atom. The molecule has 1 aliphatic carbocycles. The van der Waals surface area contributed by atoms with Gasteiger partial charge in [0.15, 0.2) is 0 Å². The second-order valence-corrected chi connectivity index (χ2v) is 11.8. The second kappa shape index (κ2) is 11.3. The van der Waals surface area contributed by atoms with E-state index < -0.39 is 0 Å². The molecule has 188 valence electrons. The molecule has 6 heteroatoms. The number of anilines is 1. The SMILES string of the molecule is CN(C)CCCNc1nc(CN2CCN(C3CCC(C(C)(C)C)CC3)CC2)nc2ccccc12. The summed E-state index contributed by atoms with van der Waals surface area (Å²) in [5.74, 6) is 2.81. The number of hydrogen-bond acceptors (Lipinski definition) is 6. The fourth-order valence-electron chi connectivity index (χ4n) is 5.73. The molecule has 0 atom stereocenters. The Bertz CT molecular complexity index is 905. The molecule has 1 aromatic carbocycles. The van der Waals surface area contributed by atoms with Crippen molar-refractivity contribution in [2.24, 2.45) is 11.3 Å². The van der Waals surface area contributed by atoms with Gasteiger partial charge in [0, 0.05) is 44.2 Å². The summed E-state index contributed by atoms with van der Waals surface area (Å²) in [4.78, 5) is 17.4. The van der Waals surface area contributed by atoms with Crippen LogP contribution < -0.4 is 5.32 Å². The molecule has 1 N–H and O–H groups in total. The van der Waals surface area contributed by atoms with Crippen molar-refractivity contribution in [1.29, 1.82) is 0 Å². The maximum Gasteiger partial charge on any atom is 0.145 e. The van der Waals surface area contributed by atoms with E-state index in [9.17, 15) is 0 Å². The molecule has 34 heavy (non-hydrogen) atoms. The fraction of sp³-hybridized carbons (Fsp3) is 0.714. The molecule has 2 aromatic rings. The molecule has 1 saturated carbocycles. The molecule has 0 unspecified atom stereocenters. The first kappa shape index (κ1) is 25.3. The van der Waals surface area contributed by atoms with Crippen molar-refractivity contribution in [1.82, 2.24) is 24.7 Å². The Kier molecular flexibility index (Phi) is 8.43. The topological polar surface area (TPSA) is 47.5 Å². The normalized spacial score (nSPS) is 23.0. The average Bonchev–Trinajstić information content (AvgIpc) is 2.82. The number of para-hydroxylation sites is 1. The molecule has 2 heterocycles. The van der Waals surface area contributed by atoms with Crippen LogP contribution >= 0.6 is 0 Å². The van der Waals surface area contributed by atoms with E-state index in [-0.39, 0.29) is 0 Å². The zero-order valence-corrected chi connectivity index (χ0v) is 22.2. The van der Waals surface area contributed by atoms with Crippen LogP contribution in [0.4, 0.5) is 5.82 Å². The number of piperazine rings is 1. The number of rotatable bonds is 8. The summed E-state index contributed by atoms with van der Waals surface area (Å²) < 4.78 is 0. The molecule has 0 spiro atoms. The first-order valence-electron chi connectivity index (χ1n) is 13.4. The fourth-order valence-corrected chi connectivity index (χ4v) is 5.73. The molecule has 0 amide bonds. The highest BCUT2D eigenvalue weighted by molar-refractivity contribution is 5.88. The van der Waals surface area contributed by atoms with Crippen LogP contribution in [0.3, 0.4) is 0 Å². The highest BCUT2D eigenvalue weighted by atomic mass is 15.3. The predicted octanol–water partition coefficient (Wildman–Crippen LogP) is 4.72. The van der Waals surface area contributed by atoms with Gasteiger partial charge < -0.3 is 10.2 Å². The summed E-state index contributed by atoms with van der Waals surface area (Å²) >= 11 is 0. The van der Waals surface area contributed by atoms with Gasteiger partial charge in [-0.3, -0.25) is 9.80 Å². The van der Waals surface area contributed by atoms with E-state index in [1.54, 1.807) is 0 Å². The summed E-state index contributed by atoms with van der Waals surface area (Å²) in [6.07, 6.45) is 6.63. The summed E-state index contributed by atoms with van der Waals surface area (Å²) in [5.41, 5.74) is 1.50. The zero-order chi connectivity index (χ0) is 24.1. The lowest BCUT2D eigenvalue weighted by Crippen LogP contribution is -2.51. The van der Waals surface area contributed by atoms with E-state index in [0.717, 1.165) is 73.6 Å². The minimum absolute atomic E-state index is 0.462. The summed E-state index contributed by atoms with van der Waals surface area (Å²) in [6, 6.07) is 9.17. The first-order chi connectivity index (χ1) is 16.3. The monoisotopic (exact) mass is 466 g/mol. The number of aromatic nitrogens is 2. The van der Waals surface area contributed by atoms with Gasteiger partial charge in [0.1, 0.15) is 11.6 Å². The maximum atomic E-state index is 4.96. The van der Waals surface area contributed by atoms with Crippen molar-refractivity contribution >= 4 is 16.7 Å². The second-order valence-electron chi connectivity index (χ2n) is 11.8. The summed E-state index contributed by atoms with van der Waals surface area (Å²) in [6.45, 7) is 14.6. The lowest BCUT2D eigenvalue weighted by Gasteiger charge is -2.44. The number of benzene rings is 1. The van der Waals surface area contributed by atoms with Crippen LogP contribution in [0.1, 0.15) is 58.7 Å². The van der Waals surface area contributed by atoms with Gasteiger partial charge in [-0.1, -0.05) is 32.9 Å². The molecule has 1 aromatic heterocycles. The average molecular weight is 467 g/mol. The molecule has 2 aliphatic rings. The minimum atomic E-state index is 0.462. The van der Waals surface area contributed by atoms with E-state index >= 15 is 0 Å². The van der Waals surface area contributed by atoms with Crippen LogP contribution in [0.5, 0.6) is 0 Å². The van der Waals surface area contributed by atoms with Gasteiger partial charge in [-0.05, 0) is 76.2 Å². The number of nitrogens with one attached hydrogen (secondary N) is 1. The van der Waals surface area contributed by atoms with Gasteiger partial charge in [-0.2, -0.15) is 0 Å². The van der Waals surface area contributed by atoms with Crippen molar-refractivity contribution in [2.75, 3.05) is 58.7 Å². The van der Waals surface area contributed by atoms with Crippen molar-refractivity contribution < 1.29 is 0 Å². The zero-order valence-electron chi connectivity index (χ0n) is 22.2. The van der Waals surface area contributed by atoms with Crippen molar-refractivity contribution in [3.05, 3.63) is 30.1 Å². The largest absolute Gasteiger partial charge is 0.369 e. The highest BCUT2D eigenvalue weighted by Gasteiger charge is 2.33. The highest BCUT2D eigenvalue weighted by Crippen LogP contribution is 2.39. The molecule has 2 fully saturated rings. The van der Waals surface area contributed by atoms with Gasteiger partial charge in [0.2, 0.25) is 0 Å². The molecule has 0 radical (unpaired) electrons. The quantitative estimate of drug-likeness (QED) is 0.568. The third-order valence-corrected chi connectivity index (χ3v) is 7.93. The van der Waals surface area contributed by atoms with Crippen LogP contribution in [0.15, 0.2) is 24.3 Å². The lowest BCUT2D eigenvalue weighted by molar-refractivity contribution is 0.0513. The van der Waals surface area contributed by atoms with Crippen LogP contribution in [-0.4, -0.2) is 84.1 Å². The third-order valence-electron chi connectivity index (χ3n) is 7.93. The van der Waals surface area contributed by atoms with Crippen molar-refractivity contribution in [3.8, 4) is 0 Å². The number of fused-ring (bicyclic) bond motifs is 1. The number of hydrogen-bond donors (Lipinski definition) is 1. The van der Waals surface area contributed by atoms with Gasteiger partial charge >= 0.3 is 0 Å². The molecule has 6 nitrogen and oxygen atoms in total. The van der Waals surface area contributed by atoms with Crippen LogP contribution in [0.2, 0.25) is 0 Å². The van der Waals surface area contributed by atoms with E-state index in [1.165, 1.54) is 38.8 Å². The van der Waals surface area contributed by atoms with E-state index in [0.29, 0.717) is 5.41 Å². The van der Waals surface area contributed by atoms with Crippen LogP contribution in [0, 0.1) is 11.3 Å².